The Morgan fingerprint density at radius 2 is 0.898 bits per heavy atom. The second-order valence-corrected chi connectivity index (χ2v) is 10.4. The van der Waals surface area contributed by atoms with Gasteiger partial charge in [0.15, 0.2) is 0 Å². The van der Waals surface area contributed by atoms with Crippen molar-refractivity contribution < 1.29 is 38.4 Å². The molecule has 0 aliphatic rings. The molecule has 0 bridgehead atoms. The summed E-state index contributed by atoms with van der Waals surface area (Å²) in [6.45, 7) is 0. The predicted molar refractivity (Wildman–Crippen MR) is 210 cm³/mol. The molecule has 0 aromatic heterocycles. The quantitative estimate of drug-likeness (QED) is 0.162. The van der Waals surface area contributed by atoms with Crippen LogP contribution >= 0.6 is 0 Å². The van der Waals surface area contributed by atoms with Crippen molar-refractivity contribution in [3.05, 3.63) is 200 Å². The van der Waals surface area contributed by atoms with Gasteiger partial charge in [-0.25, -0.2) is 0 Å². The first-order chi connectivity index (χ1) is 35.9. The Bertz CT molecular complexity index is 4170. The standard InChI is InChI=1S/C48H33N/c1-2-11-34(12-3-1)35-21-27-40(28-22-35)49(41-29-23-37(24-30-41)44-20-10-15-36-13-4-6-16-43(36)44)42-31-25-38(26-32-42)48-33-39-14-5-7-17-45(39)46-18-8-9-19-47(46)48/h1-33H/i1D,2D,3D,4D,5D,6D,7D,8D,9D,10D,11D,12D,13D,14D,15D,16D,17D,18D,20D,21D,22D,23D,25D,26D,27D,29D,31D,33D. The molecule has 0 aliphatic heterocycles. The number of benzene rings is 9. The Hall–Kier alpha value is -6.44. The van der Waals surface area contributed by atoms with Gasteiger partial charge in [-0.2, -0.15) is 0 Å². The van der Waals surface area contributed by atoms with E-state index < -0.39 is 230 Å². The number of fused-ring (bicyclic) bond motifs is 4. The Kier molecular flexibility index (Phi) is 2.99. The van der Waals surface area contributed by atoms with Crippen LogP contribution in [0.15, 0.2) is 200 Å². The maximum absolute atomic E-state index is 9.63. The van der Waals surface area contributed by atoms with Gasteiger partial charge in [-0.3, -0.25) is 0 Å². The number of nitrogens with zero attached hydrogens (tertiary/aromatic N) is 1. The third-order valence-corrected chi connectivity index (χ3v) is 7.58. The van der Waals surface area contributed by atoms with Crippen LogP contribution in [0.2, 0.25) is 0 Å². The average molecular weight is 652 g/mol. The van der Waals surface area contributed by atoms with Crippen LogP contribution in [-0.4, -0.2) is 0 Å². The lowest BCUT2D eigenvalue weighted by Gasteiger charge is -2.26. The van der Waals surface area contributed by atoms with Crippen molar-refractivity contribution in [1.29, 1.82) is 0 Å². The third kappa shape index (κ3) is 5.32. The molecule has 0 radical (unpaired) electrons. The lowest BCUT2D eigenvalue weighted by Crippen LogP contribution is -2.09. The van der Waals surface area contributed by atoms with Crippen molar-refractivity contribution in [2.75, 3.05) is 4.90 Å². The fraction of sp³-hybridized carbons (Fsp3) is 0. The number of anilines is 3. The molecule has 0 unspecified atom stereocenters. The van der Waals surface area contributed by atoms with Gasteiger partial charge in [-0.05, 0) is 108 Å². The van der Waals surface area contributed by atoms with Gasteiger partial charge < -0.3 is 4.90 Å². The fourth-order valence-electron chi connectivity index (χ4n) is 5.34. The van der Waals surface area contributed by atoms with Gasteiger partial charge in [0.1, 0.15) is 0 Å². The van der Waals surface area contributed by atoms with Crippen molar-refractivity contribution >= 4 is 49.4 Å². The monoisotopic (exact) mass is 651 g/mol. The highest BCUT2D eigenvalue weighted by atomic mass is 15.1. The van der Waals surface area contributed by atoms with E-state index in [1.165, 1.54) is 0 Å². The van der Waals surface area contributed by atoms with E-state index in [1.807, 2.05) is 0 Å². The maximum Gasteiger partial charge on any atom is 0.0645 e. The summed E-state index contributed by atoms with van der Waals surface area (Å²) in [5.74, 6) is 0. The Labute approximate surface area is 326 Å². The SMILES string of the molecule is [2H]c1cc2c(-c3c([2H])cc(N(c4ccc(-c5c([2H])c([2H])c([2H])c6c([2H])c([2H])c([2H])c([2H])c56)c([2H])c4[2H])c4cc([2H])c(-c5c([2H])c([2H])c([2H])c([2H])c5[2H])c([2H])c4[2H])c([2H])c3[2H])c([2H])c3c([2H])c([2H])c([2H])c([2H])c3c2c([2H])c1[2H]. The van der Waals surface area contributed by atoms with Gasteiger partial charge in [0, 0.05) is 17.1 Å². The van der Waals surface area contributed by atoms with Crippen LogP contribution in [0.25, 0.3) is 65.7 Å². The second kappa shape index (κ2) is 12.3. The normalized spacial score (nSPS) is 19.3. The molecule has 9 rings (SSSR count). The fourth-order valence-corrected chi connectivity index (χ4v) is 5.34. The van der Waals surface area contributed by atoms with Crippen LogP contribution in [0.4, 0.5) is 17.1 Å². The zero-order valence-electron chi connectivity index (χ0n) is 52.8. The van der Waals surface area contributed by atoms with Crippen LogP contribution in [0.5, 0.6) is 0 Å². The molecule has 49 heavy (non-hydrogen) atoms. The molecular formula is C48H33N. The molecule has 0 heterocycles. The largest absolute Gasteiger partial charge is 0.311 e. The van der Waals surface area contributed by atoms with Crippen LogP contribution in [0.3, 0.4) is 0 Å². The lowest BCUT2D eigenvalue weighted by atomic mass is 9.93. The maximum atomic E-state index is 9.63. The van der Waals surface area contributed by atoms with Crippen LogP contribution in [0.1, 0.15) is 38.4 Å². The molecule has 0 amide bonds. The van der Waals surface area contributed by atoms with Gasteiger partial charge in [0.2, 0.25) is 0 Å². The summed E-state index contributed by atoms with van der Waals surface area (Å²) in [5, 5.41) is -2.37. The summed E-state index contributed by atoms with van der Waals surface area (Å²) in [7, 11) is 0. The molecule has 1 heteroatoms. The van der Waals surface area contributed by atoms with Gasteiger partial charge in [-0.1, -0.05) is 157 Å². The van der Waals surface area contributed by atoms with Gasteiger partial charge in [-0.15, -0.1) is 0 Å². The minimum absolute atomic E-state index is 0.276. The Morgan fingerprint density at radius 3 is 1.73 bits per heavy atom. The van der Waals surface area contributed by atoms with Crippen molar-refractivity contribution in [3.63, 3.8) is 0 Å². The topological polar surface area (TPSA) is 3.24 Å². The molecule has 0 atom stereocenters. The molecule has 0 saturated heterocycles. The highest BCUT2D eigenvalue weighted by molar-refractivity contribution is 6.13. The summed E-state index contributed by atoms with van der Waals surface area (Å²) in [4.78, 5) is 0.831. The molecule has 0 saturated carbocycles. The second-order valence-electron chi connectivity index (χ2n) is 10.4. The molecule has 0 fully saturated rings. The summed E-state index contributed by atoms with van der Waals surface area (Å²) in [6, 6.07) is -17.0. The van der Waals surface area contributed by atoms with Crippen LogP contribution < -0.4 is 4.90 Å². The average Bonchev–Trinajstić information content (AvgIpc) is 3.45. The molecule has 0 aliphatic carbocycles. The van der Waals surface area contributed by atoms with E-state index in [1.54, 1.807) is 0 Å². The molecule has 9 aromatic carbocycles. The smallest absolute Gasteiger partial charge is 0.0645 e. The van der Waals surface area contributed by atoms with E-state index in [4.69, 9.17) is 26.0 Å². The number of hydrogen-bond donors (Lipinski definition) is 0. The molecule has 9 aromatic rings. The van der Waals surface area contributed by atoms with E-state index >= 15 is 0 Å². The zero-order chi connectivity index (χ0) is 56.9. The minimum Gasteiger partial charge on any atom is -0.311 e. The highest BCUT2D eigenvalue weighted by Crippen LogP contribution is 2.40. The van der Waals surface area contributed by atoms with E-state index in [0.717, 1.165) is 35.2 Å². The molecule has 1 nitrogen and oxygen atoms in total. The van der Waals surface area contributed by atoms with E-state index in [9.17, 15) is 12.3 Å². The molecule has 0 N–H and O–H groups in total. The first-order valence-corrected chi connectivity index (χ1v) is 14.6. The lowest BCUT2D eigenvalue weighted by molar-refractivity contribution is 1.28. The van der Waals surface area contributed by atoms with E-state index in [2.05, 4.69) is 0 Å². The predicted octanol–water partition coefficient (Wildman–Crippen LogP) is 13.6. The number of rotatable bonds is 6. The highest BCUT2D eigenvalue weighted by Gasteiger charge is 2.15. The van der Waals surface area contributed by atoms with Crippen molar-refractivity contribution in [2.45, 2.75) is 0 Å². The Balaban J connectivity index is 1.40. The first kappa shape index (κ1) is 11.9. The molecule has 230 valence electrons. The molecular weight excluding hydrogens is 591 g/mol. The van der Waals surface area contributed by atoms with Crippen LogP contribution in [-0.2, 0) is 0 Å². The van der Waals surface area contributed by atoms with Crippen LogP contribution in [0, 0.1) is 0 Å². The first-order valence-electron chi connectivity index (χ1n) is 28.6. The van der Waals surface area contributed by atoms with Crippen molar-refractivity contribution in [3.8, 4) is 33.4 Å². The summed E-state index contributed by atoms with van der Waals surface area (Å²) in [6.07, 6.45) is 0. The molecule has 0 spiro atoms. The minimum atomic E-state index is -0.930. The third-order valence-electron chi connectivity index (χ3n) is 7.58. The van der Waals surface area contributed by atoms with E-state index in [0.29, 0.717) is 0 Å². The van der Waals surface area contributed by atoms with E-state index in [-0.39, 0.29) is 21.7 Å². The zero-order valence-corrected chi connectivity index (χ0v) is 24.8. The van der Waals surface area contributed by atoms with Gasteiger partial charge in [0.25, 0.3) is 0 Å². The summed E-state index contributed by atoms with van der Waals surface area (Å²) in [5.41, 5.74) is -4.84. The van der Waals surface area contributed by atoms with Gasteiger partial charge in [0.05, 0.1) is 38.4 Å². The van der Waals surface area contributed by atoms with Crippen molar-refractivity contribution in [1.82, 2.24) is 0 Å². The summed E-state index contributed by atoms with van der Waals surface area (Å²) < 4.78 is 247. The van der Waals surface area contributed by atoms with Crippen molar-refractivity contribution in [2.24, 2.45) is 0 Å². The Morgan fingerprint density at radius 1 is 0.306 bits per heavy atom. The summed E-state index contributed by atoms with van der Waals surface area (Å²) >= 11 is 0. The van der Waals surface area contributed by atoms with Gasteiger partial charge >= 0.3 is 0 Å². The number of hydrogen-bond acceptors (Lipinski definition) is 1.